The van der Waals surface area contributed by atoms with E-state index in [2.05, 4.69) is 26.3 Å². The second-order valence-electron chi connectivity index (χ2n) is 8.97. The molecule has 0 bridgehead atoms. The molecule has 2 heterocycles. The number of benzene rings is 1. The van der Waals surface area contributed by atoms with Crippen LogP contribution in [0.15, 0.2) is 34.7 Å². The van der Waals surface area contributed by atoms with Crippen molar-refractivity contribution in [3.05, 3.63) is 35.5 Å². The largest absolute Gasteiger partial charge is 0.356 e. The molecule has 2 aromatic rings. The highest BCUT2D eigenvalue weighted by atomic mass is 32.2. The minimum absolute atomic E-state index is 0.0185. The van der Waals surface area contributed by atoms with E-state index < -0.39 is 9.84 Å². The number of nitrogens with one attached hydrogen (secondary N) is 1. The van der Waals surface area contributed by atoms with Gasteiger partial charge in [0.15, 0.2) is 9.84 Å². The van der Waals surface area contributed by atoms with E-state index in [1.54, 1.807) is 18.2 Å². The monoisotopic (exact) mass is 456 g/mol. The molecular formula is C24H32N4O3S. The van der Waals surface area contributed by atoms with Gasteiger partial charge in [-0.05, 0) is 70.1 Å². The predicted octanol–water partition coefficient (Wildman–Crippen LogP) is 3.56. The quantitative estimate of drug-likeness (QED) is 0.668. The van der Waals surface area contributed by atoms with Crippen LogP contribution in [0.25, 0.3) is 10.9 Å². The topological polar surface area (TPSA) is 92.3 Å². The van der Waals surface area contributed by atoms with Gasteiger partial charge in [0.05, 0.1) is 16.1 Å². The second-order valence-corrected chi connectivity index (χ2v) is 11.0. The molecule has 4 rings (SSSR count). The maximum atomic E-state index is 12.6. The van der Waals surface area contributed by atoms with Gasteiger partial charge in [-0.2, -0.15) is 0 Å². The summed E-state index contributed by atoms with van der Waals surface area (Å²) in [6.07, 6.45) is 10.9. The van der Waals surface area contributed by atoms with Crippen LogP contribution in [0.3, 0.4) is 0 Å². The lowest BCUT2D eigenvalue weighted by Gasteiger charge is -2.31. The molecule has 172 valence electrons. The lowest BCUT2D eigenvalue weighted by molar-refractivity contribution is -0.125. The van der Waals surface area contributed by atoms with Gasteiger partial charge >= 0.3 is 0 Å². The molecule has 1 aromatic heterocycles. The summed E-state index contributed by atoms with van der Waals surface area (Å²) in [6, 6.07) is 4.98. The molecule has 0 saturated carbocycles. The molecule has 1 aliphatic heterocycles. The second kappa shape index (κ2) is 9.57. The molecule has 0 atom stereocenters. The third-order valence-corrected chi connectivity index (χ3v) is 7.66. The minimum Gasteiger partial charge on any atom is -0.356 e. The Kier molecular flexibility index (Phi) is 6.79. The molecule has 2 aliphatic rings. The Morgan fingerprint density at radius 1 is 1.19 bits per heavy atom. The number of nitrogens with zero attached hydrogens (tertiary/aromatic N) is 3. The first-order chi connectivity index (χ1) is 15.3. The molecule has 8 heteroatoms. The van der Waals surface area contributed by atoms with Gasteiger partial charge in [-0.1, -0.05) is 11.6 Å². The average Bonchev–Trinajstić information content (AvgIpc) is 2.79. The molecule has 1 fully saturated rings. The van der Waals surface area contributed by atoms with Gasteiger partial charge in [0.1, 0.15) is 0 Å². The van der Waals surface area contributed by atoms with Gasteiger partial charge < -0.3 is 10.2 Å². The van der Waals surface area contributed by atoms with E-state index in [4.69, 9.17) is 0 Å². The van der Waals surface area contributed by atoms with Crippen molar-refractivity contribution >= 4 is 32.6 Å². The summed E-state index contributed by atoms with van der Waals surface area (Å²) in [7, 11) is -3.30. The zero-order chi connectivity index (χ0) is 22.7. The van der Waals surface area contributed by atoms with Crippen LogP contribution in [0.5, 0.6) is 0 Å². The van der Waals surface area contributed by atoms with Gasteiger partial charge in [0.25, 0.3) is 0 Å². The van der Waals surface area contributed by atoms with Crippen LogP contribution in [0.1, 0.15) is 50.6 Å². The van der Waals surface area contributed by atoms with Gasteiger partial charge in [-0.25, -0.2) is 18.4 Å². The van der Waals surface area contributed by atoms with Crippen molar-refractivity contribution in [1.29, 1.82) is 0 Å². The molecular weight excluding hydrogens is 424 g/mol. The summed E-state index contributed by atoms with van der Waals surface area (Å²) in [5.74, 6) is 0.767. The van der Waals surface area contributed by atoms with Crippen LogP contribution in [-0.2, 0) is 14.6 Å². The van der Waals surface area contributed by atoms with Gasteiger partial charge in [0.2, 0.25) is 11.9 Å². The van der Waals surface area contributed by atoms with Crippen LogP contribution in [0, 0.1) is 12.8 Å². The Morgan fingerprint density at radius 3 is 2.66 bits per heavy atom. The first kappa shape index (κ1) is 22.7. The third kappa shape index (κ3) is 5.28. The number of allylic oxidation sites excluding steroid dienone is 1. The third-order valence-electron chi connectivity index (χ3n) is 6.55. The maximum absolute atomic E-state index is 12.6. The molecule has 1 saturated heterocycles. The Hall–Kier alpha value is -2.48. The standard InChI is InChI=1S/C24H32N4O3S/c1-17-21-9-8-20(32(2,30)31)16-22(21)27-24(26-17)28-14-11-19(12-15-28)23(29)25-13-10-18-6-4-3-5-7-18/h6,8-9,16,19H,3-5,7,10-15H2,1-2H3,(H,25,29). The van der Waals surface area contributed by atoms with E-state index in [0.29, 0.717) is 24.6 Å². The van der Waals surface area contributed by atoms with E-state index in [0.717, 1.165) is 36.9 Å². The van der Waals surface area contributed by atoms with Crippen molar-refractivity contribution in [2.75, 3.05) is 30.8 Å². The summed E-state index contributed by atoms with van der Waals surface area (Å²) in [5, 5.41) is 3.97. The number of rotatable bonds is 6. The lowest BCUT2D eigenvalue weighted by atomic mass is 9.95. The fourth-order valence-electron chi connectivity index (χ4n) is 4.59. The van der Waals surface area contributed by atoms with Crippen molar-refractivity contribution in [2.24, 2.45) is 5.92 Å². The number of amides is 1. The Balaban J connectivity index is 1.37. The van der Waals surface area contributed by atoms with Gasteiger partial charge in [0, 0.05) is 37.2 Å². The van der Waals surface area contributed by atoms with Crippen LogP contribution >= 0.6 is 0 Å². The van der Waals surface area contributed by atoms with Crippen molar-refractivity contribution in [3.8, 4) is 0 Å². The Morgan fingerprint density at radius 2 is 1.97 bits per heavy atom. The Labute approximate surface area is 190 Å². The number of hydrogen-bond donors (Lipinski definition) is 1. The summed E-state index contributed by atoms with van der Waals surface area (Å²) in [5.41, 5.74) is 2.93. The van der Waals surface area contributed by atoms with Crippen LogP contribution < -0.4 is 10.2 Å². The number of hydrogen-bond acceptors (Lipinski definition) is 6. The number of carbonyl (C=O) groups is 1. The predicted molar refractivity (Wildman–Crippen MR) is 126 cm³/mol. The number of fused-ring (bicyclic) bond motifs is 1. The number of piperidine rings is 1. The zero-order valence-corrected chi connectivity index (χ0v) is 19.7. The highest BCUT2D eigenvalue weighted by molar-refractivity contribution is 7.90. The highest BCUT2D eigenvalue weighted by Crippen LogP contribution is 2.26. The van der Waals surface area contributed by atoms with Crippen molar-refractivity contribution in [2.45, 2.75) is 56.8 Å². The van der Waals surface area contributed by atoms with Crippen molar-refractivity contribution < 1.29 is 13.2 Å². The minimum atomic E-state index is -3.30. The normalized spacial score (nSPS) is 17.9. The molecule has 1 aromatic carbocycles. The van der Waals surface area contributed by atoms with Gasteiger partial charge in [-0.3, -0.25) is 4.79 Å². The van der Waals surface area contributed by atoms with E-state index >= 15 is 0 Å². The number of aromatic nitrogens is 2. The first-order valence-corrected chi connectivity index (χ1v) is 13.4. The fourth-order valence-corrected chi connectivity index (χ4v) is 5.23. The first-order valence-electron chi connectivity index (χ1n) is 11.5. The smallest absolute Gasteiger partial charge is 0.226 e. The summed E-state index contributed by atoms with van der Waals surface area (Å²) in [6.45, 7) is 4.05. The number of anilines is 1. The lowest BCUT2D eigenvalue weighted by Crippen LogP contribution is -2.41. The zero-order valence-electron chi connectivity index (χ0n) is 18.9. The number of aryl methyl sites for hydroxylation is 1. The van der Waals surface area contributed by atoms with E-state index in [9.17, 15) is 13.2 Å². The molecule has 32 heavy (non-hydrogen) atoms. The van der Waals surface area contributed by atoms with E-state index in [1.807, 2.05) is 6.92 Å². The van der Waals surface area contributed by atoms with E-state index in [1.165, 1.54) is 37.5 Å². The molecule has 1 aliphatic carbocycles. The molecule has 0 unspecified atom stereocenters. The average molecular weight is 457 g/mol. The van der Waals surface area contributed by atoms with Gasteiger partial charge in [-0.15, -0.1) is 0 Å². The van der Waals surface area contributed by atoms with Crippen molar-refractivity contribution in [1.82, 2.24) is 15.3 Å². The van der Waals surface area contributed by atoms with E-state index in [-0.39, 0.29) is 16.7 Å². The summed E-state index contributed by atoms with van der Waals surface area (Å²) >= 11 is 0. The number of carbonyl (C=O) groups excluding carboxylic acids is 1. The summed E-state index contributed by atoms with van der Waals surface area (Å²) in [4.78, 5) is 24.3. The van der Waals surface area contributed by atoms with Crippen LogP contribution in [-0.4, -0.2) is 50.2 Å². The molecule has 0 spiro atoms. The highest BCUT2D eigenvalue weighted by Gasteiger charge is 2.26. The number of sulfone groups is 1. The fraction of sp³-hybridized carbons (Fsp3) is 0.542. The molecule has 1 amide bonds. The SMILES string of the molecule is Cc1nc(N2CCC(C(=O)NCCC3=CCCCC3)CC2)nc2cc(S(C)(=O)=O)ccc12. The molecule has 7 nitrogen and oxygen atoms in total. The van der Waals surface area contributed by atoms with Crippen molar-refractivity contribution in [3.63, 3.8) is 0 Å². The van der Waals surface area contributed by atoms with Crippen LogP contribution in [0.4, 0.5) is 5.95 Å². The maximum Gasteiger partial charge on any atom is 0.226 e. The molecule has 1 N–H and O–H groups in total. The van der Waals surface area contributed by atoms with Crippen LogP contribution in [0.2, 0.25) is 0 Å². The summed E-state index contributed by atoms with van der Waals surface area (Å²) < 4.78 is 23.8. The Bertz CT molecular complexity index is 1140. The molecule has 0 radical (unpaired) electrons.